The minimum absolute atomic E-state index is 0.00862. The van der Waals surface area contributed by atoms with Gasteiger partial charge in [-0.15, -0.1) is 10.2 Å². The van der Waals surface area contributed by atoms with Gasteiger partial charge in [0, 0.05) is 58.0 Å². The predicted molar refractivity (Wildman–Crippen MR) is 437 cm³/mol. The molecule has 7 aliphatic heterocycles. The molecule has 7 aromatic carbocycles. The van der Waals surface area contributed by atoms with E-state index in [4.69, 9.17) is 80.6 Å². The number of anilines is 1. The van der Waals surface area contributed by atoms with Crippen LogP contribution in [-0.4, -0.2) is 187 Å². The highest BCUT2D eigenvalue weighted by Gasteiger charge is 2.53. The molecule has 41 heteroatoms. The Morgan fingerprint density at radius 3 is 1.92 bits per heavy atom. The fourth-order valence-electron chi connectivity index (χ4n) is 15.0. The van der Waals surface area contributed by atoms with Gasteiger partial charge in [-0.3, -0.25) is 39.0 Å². The van der Waals surface area contributed by atoms with Gasteiger partial charge >= 0.3 is 5.97 Å². The van der Waals surface area contributed by atoms with Crippen LogP contribution >= 0.6 is 46.6 Å². The monoisotopic (exact) mass is 1760 g/mol. The molecule has 37 nitrogen and oxygen atoms in total. The van der Waals surface area contributed by atoms with Crippen LogP contribution in [0.3, 0.4) is 0 Å². The van der Waals surface area contributed by atoms with Crippen LogP contribution in [0.5, 0.6) is 46.0 Å². The topological polar surface area (TPSA) is 579 Å². The van der Waals surface area contributed by atoms with Crippen LogP contribution < -0.4 is 74.3 Å². The third kappa shape index (κ3) is 19.1. The molecule has 646 valence electrons. The third-order valence-electron chi connectivity index (χ3n) is 21.5. The van der Waals surface area contributed by atoms with Crippen LogP contribution in [0.15, 0.2) is 133 Å². The maximum absolute atomic E-state index is 16.3. The maximum Gasteiger partial charge on any atom is 0.330 e. The lowest BCUT2D eigenvalue weighted by Gasteiger charge is -2.48. The molecule has 2 saturated heterocycles. The molecular formula is C81H87Cl3N14O23S. The van der Waals surface area contributed by atoms with Gasteiger partial charge in [-0.25, -0.2) is 15.3 Å². The van der Waals surface area contributed by atoms with E-state index in [1.807, 2.05) is 50.2 Å². The molecule has 18 atom stereocenters. The van der Waals surface area contributed by atoms with Crippen LogP contribution in [0, 0.1) is 11.8 Å². The average molecular weight is 1760 g/mol. The number of carboxylic acids is 1. The smallest absolute Gasteiger partial charge is 0.330 e. The normalized spacial score (nSPS) is 26.3. The van der Waals surface area contributed by atoms with Crippen molar-refractivity contribution in [1.29, 1.82) is 0 Å². The van der Waals surface area contributed by atoms with Gasteiger partial charge in [0.1, 0.15) is 83.4 Å². The number of amides is 7. The molecule has 2 fully saturated rings. The van der Waals surface area contributed by atoms with Crippen molar-refractivity contribution in [2.75, 3.05) is 17.0 Å². The number of nitrogen functional groups attached to an aromatic ring is 2. The maximum atomic E-state index is 16.3. The first-order chi connectivity index (χ1) is 57.9. The van der Waals surface area contributed by atoms with Gasteiger partial charge in [-0.2, -0.15) is 0 Å². The number of rotatable bonds is 19. The number of nitrogens with two attached hydrogens (primary N) is 3. The summed E-state index contributed by atoms with van der Waals surface area (Å²) in [5, 5.41) is 133. The molecule has 122 heavy (non-hydrogen) atoms. The number of hydrogen-bond donors (Lipinski definition) is 20. The molecule has 23 N–H and O–H groups in total. The molecule has 8 heterocycles. The lowest BCUT2D eigenvalue weighted by Crippen LogP contribution is -2.65. The van der Waals surface area contributed by atoms with Crippen LogP contribution in [0.2, 0.25) is 15.1 Å². The van der Waals surface area contributed by atoms with Gasteiger partial charge in [0.05, 0.1) is 34.8 Å². The molecule has 1 aromatic heterocycles. The van der Waals surface area contributed by atoms with Gasteiger partial charge in [-0.1, -0.05) is 122 Å². The van der Waals surface area contributed by atoms with E-state index in [2.05, 4.69) is 52.8 Å². The highest BCUT2D eigenvalue weighted by atomic mass is 35.5. The van der Waals surface area contributed by atoms with Crippen molar-refractivity contribution in [1.82, 2.24) is 52.1 Å². The first-order valence-corrected chi connectivity index (χ1v) is 40.3. The highest BCUT2D eigenvalue weighted by Crippen LogP contribution is 2.50. The Labute approximate surface area is 714 Å². The number of aliphatic carboxylic acids is 1. The number of primary amides is 1. The largest absolute Gasteiger partial charge is 0.508 e. The number of carbonyl (C=O) groups excluding carboxylic acids is 7. The number of nitrogens with one attached hydrogen (secondary N) is 8. The number of aliphatic hydroxyl groups is 5. The summed E-state index contributed by atoms with van der Waals surface area (Å²) in [7, 11) is 0. The molecule has 11 bridgehead atoms. The summed E-state index contributed by atoms with van der Waals surface area (Å²) in [6.45, 7) is 8.74. The van der Waals surface area contributed by atoms with Crippen molar-refractivity contribution in [2.24, 2.45) is 23.4 Å². The zero-order chi connectivity index (χ0) is 87.8. The minimum Gasteiger partial charge on any atom is -0.508 e. The second kappa shape index (κ2) is 36.8. The van der Waals surface area contributed by atoms with Crippen LogP contribution in [0.25, 0.3) is 22.3 Å². The zero-order valence-corrected chi connectivity index (χ0v) is 68.5. The van der Waals surface area contributed by atoms with Crippen LogP contribution in [0.4, 0.5) is 5.95 Å². The molecule has 15 rings (SSSR count). The summed E-state index contributed by atoms with van der Waals surface area (Å²) in [6, 6.07) is 15.4. The second-order valence-corrected chi connectivity index (χ2v) is 32.9. The van der Waals surface area contributed by atoms with Crippen LogP contribution in [-0.2, 0) is 59.1 Å². The van der Waals surface area contributed by atoms with Crippen molar-refractivity contribution < 1.29 is 113 Å². The molecular weight excluding hydrogens is 1680 g/mol. The van der Waals surface area contributed by atoms with E-state index < -0.39 is 230 Å². The molecule has 0 aliphatic carbocycles. The Hall–Kier alpha value is -11.3. The summed E-state index contributed by atoms with van der Waals surface area (Å²) in [4.78, 5) is 118. The van der Waals surface area contributed by atoms with Gasteiger partial charge in [0.25, 0.3) is 5.95 Å². The molecule has 8 aromatic rings. The number of halogens is 3. The Morgan fingerprint density at radius 2 is 1.30 bits per heavy atom. The molecule has 7 amide bonds. The summed E-state index contributed by atoms with van der Waals surface area (Å²) >= 11 is 21.5. The number of nitrogens with zero attached hydrogens (tertiary/aromatic N) is 3. The number of aromatic hydroxyl groups is 3. The number of phenols is 3. The number of phenolic OH excluding ortho intramolecular Hbond substituents is 3. The van der Waals surface area contributed by atoms with E-state index in [1.54, 1.807) is 32.9 Å². The SMILES string of the molecule is CC(C)C[C@@H](C)C(=O)N[C@H]1C(=O)N[C@@H](CC(N)=O)C(=O)N[C@H]2C(=O)NC3C(=O)N[C@H](C(=O)N[C@@H](C(=O)O)c4cc(O)cc(O)c4-c4cc3ccc4O)[C@H](O)c3ccc(c(Cl)c3)Oc3cc2cc(c3OC2OC(CSc3nnc(NN)n3N)C(O)C(O)C2OC2CC(C)(NCc3ccc(-c4ccc(Cl)cc4)cc3)C(O)C(C)O2)Oc2ccc(cc2Cl)[C@H]1O. The van der Waals surface area contributed by atoms with Crippen molar-refractivity contribution in [2.45, 2.75) is 169 Å². The Balaban J connectivity index is 1.00. The van der Waals surface area contributed by atoms with Crippen molar-refractivity contribution in [3.63, 3.8) is 0 Å². The number of ether oxygens (including phenoxy) is 6. The number of aliphatic hydroxyl groups excluding tert-OH is 5. The summed E-state index contributed by atoms with van der Waals surface area (Å²) < 4.78 is 41.5. The quantitative estimate of drug-likeness (QED) is 0.0296. The number of hydrazine groups is 1. The zero-order valence-electron chi connectivity index (χ0n) is 65.4. The Morgan fingerprint density at radius 1 is 0.689 bits per heavy atom. The first kappa shape index (κ1) is 88.4. The van der Waals surface area contributed by atoms with Gasteiger partial charge < -0.3 is 123 Å². The first-order valence-electron chi connectivity index (χ1n) is 38.2. The summed E-state index contributed by atoms with van der Waals surface area (Å²) in [5.41, 5.74) is 6.61. The van der Waals surface area contributed by atoms with Crippen molar-refractivity contribution in [3.05, 3.63) is 176 Å². The number of carboxylic acid groups (broad SMARTS) is 1. The van der Waals surface area contributed by atoms with E-state index in [1.165, 1.54) is 12.1 Å². The minimum atomic E-state index is -2.38. The average Bonchev–Trinajstić information content (AvgIpc) is 0.850. The van der Waals surface area contributed by atoms with Gasteiger partial charge in [-0.05, 0) is 132 Å². The fourth-order valence-corrected chi connectivity index (χ4v) is 16.5. The van der Waals surface area contributed by atoms with Gasteiger partial charge in [0.15, 0.2) is 29.9 Å². The summed E-state index contributed by atoms with van der Waals surface area (Å²) in [6.07, 6.45) is -18.5. The number of carbonyl (C=O) groups is 8. The molecule has 7 aliphatic rings. The standard InChI is InChI=1S/C81H87Cl3N14O23S/c1-32(2)20-33(3)71(108)93-62-64(103)39-13-18-51(46(83)22-39)117-53-24-41-25-54(68(53)121-78-69(67(106)66(105)55(119-78)31-122-80-97-96-79(95-86)98(80)87)120-57-29-81(5,70(107)34(4)116-57)88-30-35-6-8-36(9-7-35)37-10-15-42(82)16-11-37)118-52-19-14-40(23-47(52)84)65(104)63-76(113)92-61(77(114)115)45-26-43(99)27-50(101)58(45)44-21-38(12-17-49(44)100)59(73(110)94-63)91-74(111)60(41)90-72(109)48(28-56(85)102)89-75(62)112/h6-19,21-27,32-34,48,55,57,59-67,69-70,78,88,99-101,103-107H,20,28-31,86-87H2,1-5H3,(H2,85,102)(H,89,112)(H,90,109)(H,91,111)(H,92,113)(H,93,108)(H,94,110)(H,95,96)(H,114,115)/t33-,34?,48+,55?,57?,59?,60-,61-,62-,63+,64-,65-,66?,67?,69?,70?,78?,81?/m1/s1. The summed E-state index contributed by atoms with van der Waals surface area (Å²) in [5.74, 6) is -5.22. The lowest BCUT2D eigenvalue weighted by atomic mass is 9.84. The number of fused-ring (bicyclic) bond motifs is 15. The van der Waals surface area contributed by atoms with Crippen molar-refractivity contribution >= 4 is 99.8 Å². The predicted octanol–water partition coefficient (Wildman–Crippen LogP) is 4.70. The number of aromatic nitrogens is 3. The van der Waals surface area contributed by atoms with E-state index in [0.29, 0.717) is 5.02 Å². The fraction of sp³-hybridized carbons (Fsp3) is 0.358. The van der Waals surface area contributed by atoms with Crippen LogP contribution in [0.1, 0.15) is 118 Å². The Bertz CT molecular complexity index is 5350. The molecule has 10 unspecified atom stereocenters. The third-order valence-corrected chi connectivity index (χ3v) is 23.3. The van der Waals surface area contributed by atoms with E-state index in [0.717, 1.165) is 99.9 Å². The molecule has 0 radical (unpaired) electrons. The molecule has 0 saturated carbocycles. The Kier molecular flexibility index (Phi) is 26.7. The second-order valence-electron chi connectivity index (χ2n) is 30.7. The van der Waals surface area contributed by atoms with E-state index in [9.17, 15) is 65.1 Å². The van der Waals surface area contributed by atoms with E-state index >= 15 is 19.2 Å². The molecule has 0 spiro atoms. The van der Waals surface area contributed by atoms with Crippen molar-refractivity contribution in [3.8, 4) is 68.2 Å². The lowest BCUT2D eigenvalue weighted by molar-refractivity contribution is -0.330. The number of thioether (sulfide) groups is 1. The number of benzene rings is 7. The van der Waals surface area contributed by atoms with Gasteiger partial charge in [0.2, 0.25) is 58.5 Å². The highest BCUT2D eigenvalue weighted by molar-refractivity contribution is 7.99. The number of hydrogen-bond acceptors (Lipinski definition) is 29. The van der Waals surface area contributed by atoms with E-state index in [-0.39, 0.29) is 69.6 Å².